The Labute approximate surface area is 185 Å². The SMILES string of the molecule is COc1cc(CNC(=O)c2ccc(OC)c(S(=O)(=O)NC(C)(C)C)c2)ccc1OC(F)F. The van der Waals surface area contributed by atoms with Gasteiger partial charge in [0.25, 0.3) is 5.91 Å². The summed E-state index contributed by atoms with van der Waals surface area (Å²) in [6, 6.07) is 8.31. The lowest BCUT2D eigenvalue weighted by atomic mass is 10.1. The number of hydrogen-bond donors (Lipinski definition) is 2. The van der Waals surface area contributed by atoms with Gasteiger partial charge in [-0.15, -0.1) is 0 Å². The number of rotatable bonds is 9. The van der Waals surface area contributed by atoms with Crippen LogP contribution >= 0.6 is 0 Å². The highest BCUT2D eigenvalue weighted by Crippen LogP contribution is 2.30. The minimum absolute atomic E-state index is 0.0402. The van der Waals surface area contributed by atoms with E-state index in [1.165, 1.54) is 50.6 Å². The molecule has 0 aliphatic carbocycles. The molecule has 176 valence electrons. The molecule has 0 saturated carbocycles. The molecular weight excluding hydrogens is 446 g/mol. The number of nitrogens with one attached hydrogen (secondary N) is 2. The third-order valence-electron chi connectivity index (χ3n) is 4.05. The Morgan fingerprint density at radius 1 is 1.00 bits per heavy atom. The van der Waals surface area contributed by atoms with E-state index in [0.29, 0.717) is 5.56 Å². The molecule has 0 unspecified atom stereocenters. The molecule has 2 aromatic rings. The first-order chi connectivity index (χ1) is 14.9. The third-order valence-corrected chi connectivity index (χ3v) is 5.83. The zero-order valence-corrected chi connectivity index (χ0v) is 19.2. The summed E-state index contributed by atoms with van der Waals surface area (Å²) in [5.74, 6) is -0.485. The molecule has 0 fully saturated rings. The van der Waals surface area contributed by atoms with Crippen LogP contribution in [0.3, 0.4) is 0 Å². The number of halogens is 2. The number of hydrogen-bond acceptors (Lipinski definition) is 6. The summed E-state index contributed by atoms with van der Waals surface area (Å²) in [4.78, 5) is 12.5. The molecule has 0 saturated heterocycles. The van der Waals surface area contributed by atoms with Crippen LogP contribution in [-0.4, -0.2) is 40.7 Å². The quantitative estimate of drug-likeness (QED) is 0.581. The molecule has 2 rings (SSSR count). The molecule has 0 aliphatic heterocycles. The molecule has 8 nitrogen and oxygen atoms in total. The molecule has 0 heterocycles. The Balaban J connectivity index is 2.22. The molecule has 0 spiro atoms. The van der Waals surface area contributed by atoms with Gasteiger partial charge in [0.2, 0.25) is 10.0 Å². The minimum Gasteiger partial charge on any atom is -0.495 e. The van der Waals surface area contributed by atoms with Crippen LogP contribution in [0.4, 0.5) is 8.78 Å². The summed E-state index contributed by atoms with van der Waals surface area (Å²) in [6.07, 6.45) is 0. The van der Waals surface area contributed by atoms with Gasteiger partial charge in [0.15, 0.2) is 11.5 Å². The van der Waals surface area contributed by atoms with Gasteiger partial charge >= 0.3 is 6.61 Å². The van der Waals surface area contributed by atoms with E-state index in [-0.39, 0.29) is 34.3 Å². The van der Waals surface area contributed by atoms with Gasteiger partial charge in [0, 0.05) is 17.6 Å². The highest BCUT2D eigenvalue weighted by molar-refractivity contribution is 7.89. The summed E-state index contributed by atoms with van der Waals surface area (Å²) in [5, 5.41) is 2.65. The third kappa shape index (κ3) is 6.79. The van der Waals surface area contributed by atoms with Crippen molar-refractivity contribution < 1.29 is 36.2 Å². The van der Waals surface area contributed by atoms with Crippen LogP contribution in [0.1, 0.15) is 36.7 Å². The molecule has 0 bridgehead atoms. The van der Waals surface area contributed by atoms with Crippen molar-refractivity contribution in [2.75, 3.05) is 14.2 Å². The van der Waals surface area contributed by atoms with Crippen LogP contribution in [0.15, 0.2) is 41.3 Å². The molecule has 1 amide bonds. The van der Waals surface area contributed by atoms with Gasteiger partial charge < -0.3 is 19.5 Å². The van der Waals surface area contributed by atoms with Crippen molar-refractivity contribution in [3.05, 3.63) is 47.5 Å². The molecule has 0 aromatic heterocycles. The van der Waals surface area contributed by atoms with Crippen LogP contribution in [0.2, 0.25) is 0 Å². The van der Waals surface area contributed by atoms with E-state index in [0.717, 1.165) is 0 Å². The van der Waals surface area contributed by atoms with Crippen LogP contribution < -0.4 is 24.2 Å². The van der Waals surface area contributed by atoms with Crippen molar-refractivity contribution in [2.45, 2.75) is 44.4 Å². The van der Waals surface area contributed by atoms with Crippen LogP contribution in [0.25, 0.3) is 0 Å². The van der Waals surface area contributed by atoms with Gasteiger partial charge in [-0.1, -0.05) is 6.07 Å². The number of carbonyl (C=O) groups excluding carboxylic acids is 1. The van der Waals surface area contributed by atoms with Gasteiger partial charge in [-0.05, 0) is 56.7 Å². The zero-order chi connectivity index (χ0) is 24.1. The fraction of sp³-hybridized carbons (Fsp3) is 0.381. The second-order valence-electron chi connectivity index (χ2n) is 7.77. The normalized spacial score (nSPS) is 11.9. The standard InChI is InChI=1S/C21H26F2N2O6S/c1-21(2,3)25-32(27,28)18-11-14(7-9-16(18)29-4)19(26)24-12-13-6-8-15(31-20(22)23)17(10-13)30-5/h6-11,20,25H,12H2,1-5H3,(H,24,26). The van der Waals surface area contributed by atoms with Gasteiger partial charge in [-0.2, -0.15) is 8.78 Å². The number of sulfonamides is 1. The van der Waals surface area contributed by atoms with E-state index < -0.39 is 28.1 Å². The van der Waals surface area contributed by atoms with Gasteiger partial charge in [-0.25, -0.2) is 13.1 Å². The lowest BCUT2D eigenvalue weighted by Crippen LogP contribution is -2.40. The maximum Gasteiger partial charge on any atom is 0.387 e. The van der Waals surface area contributed by atoms with Crippen LogP contribution in [-0.2, 0) is 16.6 Å². The molecule has 2 N–H and O–H groups in total. The molecule has 0 radical (unpaired) electrons. The minimum atomic E-state index is -3.95. The summed E-state index contributed by atoms with van der Waals surface area (Å²) in [7, 11) is -1.31. The number of benzene rings is 2. The Morgan fingerprint density at radius 3 is 2.19 bits per heavy atom. The highest BCUT2D eigenvalue weighted by atomic mass is 32.2. The Morgan fingerprint density at radius 2 is 1.62 bits per heavy atom. The maximum absolute atomic E-state index is 12.8. The summed E-state index contributed by atoms with van der Waals surface area (Å²) >= 11 is 0. The number of alkyl halides is 2. The lowest BCUT2D eigenvalue weighted by Gasteiger charge is -2.21. The predicted molar refractivity (Wildman–Crippen MR) is 114 cm³/mol. The van der Waals surface area contributed by atoms with Crippen LogP contribution in [0.5, 0.6) is 17.2 Å². The van der Waals surface area contributed by atoms with Crippen molar-refractivity contribution in [2.24, 2.45) is 0 Å². The van der Waals surface area contributed by atoms with Crippen molar-refractivity contribution >= 4 is 15.9 Å². The first kappa shape index (κ1) is 25.3. The zero-order valence-electron chi connectivity index (χ0n) is 18.4. The van der Waals surface area contributed by atoms with E-state index in [9.17, 15) is 22.0 Å². The average molecular weight is 473 g/mol. The van der Waals surface area contributed by atoms with E-state index in [2.05, 4.69) is 14.8 Å². The number of amides is 1. The van der Waals surface area contributed by atoms with E-state index in [1.807, 2.05) is 0 Å². The second-order valence-corrected chi connectivity index (χ2v) is 9.42. The van der Waals surface area contributed by atoms with E-state index in [1.54, 1.807) is 20.8 Å². The Hall–Kier alpha value is -2.92. The second kappa shape index (κ2) is 10.1. The molecule has 0 aliphatic rings. The van der Waals surface area contributed by atoms with Crippen molar-refractivity contribution in [3.8, 4) is 17.2 Å². The van der Waals surface area contributed by atoms with Crippen molar-refractivity contribution in [1.29, 1.82) is 0 Å². The summed E-state index contributed by atoms with van der Waals surface area (Å²) in [5.41, 5.74) is -0.0706. The fourth-order valence-corrected chi connectivity index (χ4v) is 4.40. The number of ether oxygens (including phenoxy) is 3. The molecule has 32 heavy (non-hydrogen) atoms. The van der Waals surface area contributed by atoms with Crippen LogP contribution in [0, 0.1) is 0 Å². The first-order valence-corrected chi connectivity index (χ1v) is 11.0. The topological polar surface area (TPSA) is 103 Å². The average Bonchev–Trinajstić information content (AvgIpc) is 2.70. The lowest BCUT2D eigenvalue weighted by molar-refractivity contribution is -0.0512. The molecule has 2 aromatic carbocycles. The molecular formula is C21H26F2N2O6S. The molecule has 11 heteroatoms. The van der Waals surface area contributed by atoms with Gasteiger partial charge in [-0.3, -0.25) is 4.79 Å². The maximum atomic E-state index is 12.8. The van der Waals surface area contributed by atoms with Gasteiger partial charge in [0.1, 0.15) is 10.6 Å². The fourth-order valence-electron chi connectivity index (χ4n) is 2.79. The van der Waals surface area contributed by atoms with E-state index >= 15 is 0 Å². The van der Waals surface area contributed by atoms with Gasteiger partial charge in [0.05, 0.1) is 14.2 Å². The monoisotopic (exact) mass is 472 g/mol. The first-order valence-electron chi connectivity index (χ1n) is 9.48. The predicted octanol–water partition coefficient (Wildman–Crippen LogP) is 3.31. The Bertz CT molecular complexity index is 1070. The number of carbonyl (C=O) groups is 1. The summed E-state index contributed by atoms with van der Waals surface area (Å²) in [6.45, 7) is 2.12. The van der Waals surface area contributed by atoms with E-state index in [4.69, 9.17) is 9.47 Å². The summed E-state index contributed by atoms with van der Waals surface area (Å²) < 4.78 is 67.5. The number of methoxy groups -OCH3 is 2. The highest BCUT2D eigenvalue weighted by Gasteiger charge is 2.26. The smallest absolute Gasteiger partial charge is 0.387 e. The molecule has 0 atom stereocenters. The van der Waals surface area contributed by atoms with Crippen molar-refractivity contribution in [1.82, 2.24) is 10.0 Å². The largest absolute Gasteiger partial charge is 0.495 e. The Kier molecular flexibility index (Phi) is 8.02. The van der Waals surface area contributed by atoms with Crippen molar-refractivity contribution in [3.63, 3.8) is 0 Å².